The minimum Gasteiger partial charge on any atom is -0.338 e. The lowest BCUT2D eigenvalue weighted by molar-refractivity contribution is -0.115. The summed E-state index contributed by atoms with van der Waals surface area (Å²) in [4.78, 5) is 16.5. The molecule has 1 N–H and O–H groups in total. The standard InChI is InChI=1S/C14H19N3O3S2/c1-8(2)14-15-11(6-21-14)7-22(19)10(4)13(18)16-12-5-9(3)17-20-12/h5-6,8,10H,7H2,1-4H3,(H,16,18)/t10-,22+/m1/s1. The first-order valence-electron chi connectivity index (χ1n) is 6.92. The highest BCUT2D eigenvalue weighted by Crippen LogP contribution is 2.20. The average Bonchev–Trinajstić information content (AvgIpc) is 3.07. The topological polar surface area (TPSA) is 85.1 Å². The molecule has 1 amide bonds. The van der Waals surface area contributed by atoms with Crippen LogP contribution in [0.4, 0.5) is 5.88 Å². The molecule has 0 saturated carbocycles. The number of thiazole rings is 1. The molecule has 0 fully saturated rings. The van der Waals surface area contributed by atoms with E-state index in [-0.39, 0.29) is 17.5 Å². The first kappa shape index (κ1) is 16.8. The number of hydrogen-bond acceptors (Lipinski definition) is 6. The molecule has 0 aliphatic rings. The number of anilines is 1. The molecule has 8 heteroatoms. The Hall–Kier alpha value is -1.54. The van der Waals surface area contributed by atoms with Gasteiger partial charge in [-0.25, -0.2) is 4.98 Å². The van der Waals surface area contributed by atoms with Crippen LogP contribution in [0.15, 0.2) is 16.0 Å². The van der Waals surface area contributed by atoms with E-state index in [1.165, 1.54) is 0 Å². The first-order chi connectivity index (χ1) is 10.4. The van der Waals surface area contributed by atoms with Crippen LogP contribution in [0.5, 0.6) is 0 Å². The van der Waals surface area contributed by atoms with Gasteiger partial charge in [-0.1, -0.05) is 19.0 Å². The predicted molar refractivity (Wildman–Crippen MR) is 87.4 cm³/mol. The van der Waals surface area contributed by atoms with Gasteiger partial charge in [0.1, 0.15) is 5.25 Å². The van der Waals surface area contributed by atoms with Gasteiger partial charge in [-0.2, -0.15) is 0 Å². The number of rotatable bonds is 6. The zero-order valence-corrected chi connectivity index (χ0v) is 14.6. The lowest BCUT2D eigenvalue weighted by atomic mass is 10.2. The molecule has 120 valence electrons. The van der Waals surface area contributed by atoms with Crippen LogP contribution in [0.3, 0.4) is 0 Å². The number of carbonyl (C=O) groups is 1. The van der Waals surface area contributed by atoms with Crippen LogP contribution in [-0.2, 0) is 21.3 Å². The van der Waals surface area contributed by atoms with Crippen molar-refractivity contribution < 1.29 is 13.5 Å². The summed E-state index contributed by atoms with van der Waals surface area (Å²) < 4.78 is 17.2. The third-order valence-electron chi connectivity index (χ3n) is 2.99. The third kappa shape index (κ3) is 4.23. The van der Waals surface area contributed by atoms with Crippen molar-refractivity contribution in [2.75, 3.05) is 5.32 Å². The maximum atomic E-state index is 12.3. The summed E-state index contributed by atoms with van der Waals surface area (Å²) in [5.74, 6) is 0.534. The third-order valence-corrected chi connectivity index (χ3v) is 5.77. The van der Waals surface area contributed by atoms with E-state index in [1.54, 1.807) is 31.3 Å². The van der Waals surface area contributed by atoms with Crippen LogP contribution in [0.25, 0.3) is 0 Å². The van der Waals surface area contributed by atoms with Gasteiger partial charge in [0, 0.05) is 28.2 Å². The monoisotopic (exact) mass is 341 g/mol. The molecule has 0 radical (unpaired) electrons. The minimum atomic E-state index is -1.34. The Kier molecular flexibility index (Phi) is 5.47. The quantitative estimate of drug-likeness (QED) is 0.873. The minimum absolute atomic E-state index is 0.266. The molecule has 0 saturated heterocycles. The van der Waals surface area contributed by atoms with Gasteiger partial charge in [-0.3, -0.25) is 14.3 Å². The number of aryl methyl sites for hydroxylation is 1. The molecule has 0 aromatic carbocycles. The van der Waals surface area contributed by atoms with Crippen LogP contribution < -0.4 is 5.32 Å². The van der Waals surface area contributed by atoms with Gasteiger partial charge in [-0.05, 0) is 13.8 Å². The summed E-state index contributed by atoms with van der Waals surface area (Å²) in [6.45, 7) is 7.52. The van der Waals surface area contributed by atoms with Crippen molar-refractivity contribution in [3.05, 3.63) is 27.8 Å². The van der Waals surface area contributed by atoms with E-state index in [1.807, 2.05) is 5.38 Å². The Balaban J connectivity index is 1.94. The number of hydrogen-bond donors (Lipinski definition) is 1. The highest BCUT2D eigenvalue weighted by atomic mass is 32.2. The molecule has 0 aliphatic carbocycles. The summed E-state index contributed by atoms with van der Waals surface area (Å²) in [6, 6.07) is 1.61. The second kappa shape index (κ2) is 7.15. The number of aromatic nitrogens is 2. The van der Waals surface area contributed by atoms with E-state index in [0.717, 1.165) is 10.7 Å². The Bertz CT molecular complexity index is 678. The van der Waals surface area contributed by atoms with E-state index in [9.17, 15) is 9.00 Å². The van der Waals surface area contributed by atoms with Crippen LogP contribution in [0.1, 0.15) is 43.1 Å². The van der Waals surface area contributed by atoms with Crippen molar-refractivity contribution >= 4 is 33.9 Å². The number of amides is 1. The molecule has 2 heterocycles. The lowest BCUT2D eigenvalue weighted by Crippen LogP contribution is -2.29. The highest BCUT2D eigenvalue weighted by Gasteiger charge is 2.22. The van der Waals surface area contributed by atoms with Crippen molar-refractivity contribution in [1.82, 2.24) is 10.1 Å². The second-order valence-corrected chi connectivity index (χ2v) is 7.97. The van der Waals surface area contributed by atoms with Gasteiger partial charge >= 0.3 is 0 Å². The number of nitrogens with one attached hydrogen (secondary N) is 1. The summed E-state index contributed by atoms with van der Waals surface area (Å²) in [5, 5.41) is 8.52. The Morgan fingerprint density at radius 1 is 1.45 bits per heavy atom. The molecule has 6 nitrogen and oxygen atoms in total. The van der Waals surface area contributed by atoms with Crippen molar-refractivity contribution in [3.63, 3.8) is 0 Å². The van der Waals surface area contributed by atoms with Crippen LogP contribution in [-0.4, -0.2) is 25.5 Å². The van der Waals surface area contributed by atoms with Gasteiger partial charge in [-0.15, -0.1) is 11.3 Å². The van der Waals surface area contributed by atoms with Crippen molar-refractivity contribution in [1.29, 1.82) is 0 Å². The van der Waals surface area contributed by atoms with Crippen molar-refractivity contribution in [2.45, 2.75) is 44.6 Å². The molecule has 0 unspecified atom stereocenters. The van der Waals surface area contributed by atoms with Crippen molar-refractivity contribution in [3.8, 4) is 0 Å². The van der Waals surface area contributed by atoms with Crippen LogP contribution in [0.2, 0.25) is 0 Å². The van der Waals surface area contributed by atoms with Gasteiger partial charge in [0.05, 0.1) is 22.1 Å². The molecule has 2 aromatic rings. The van der Waals surface area contributed by atoms with Gasteiger partial charge in [0.2, 0.25) is 11.8 Å². The Morgan fingerprint density at radius 2 is 2.18 bits per heavy atom. The predicted octanol–water partition coefficient (Wildman–Crippen LogP) is 2.84. The summed E-state index contributed by atoms with van der Waals surface area (Å²) in [7, 11) is -1.34. The zero-order chi connectivity index (χ0) is 16.3. The zero-order valence-electron chi connectivity index (χ0n) is 13.0. The molecular weight excluding hydrogens is 322 g/mol. The van der Waals surface area contributed by atoms with E-state index in [2.05, 4.69) is 29.3 Å². The van der Waals surface area contributed by atoms with Crippen LogP contribution >= 0.6 is 11.3 Å². The molecule has 0 aliphatic heterocycles. The largest absolute Gasteiger partial charge is 0.338 e. The summed E-state index contributed by atoms with van der Waals surface area (Å²) >= 11 is 1.56. The molecule has 0 spiro atoms. The molecular formula is C14H19N3O3S2. The van der Waals surface area contributed by atoms with Gasteiger partial charge in [0.25, 0.3) is 0 Å². The van der Waals surface area contributed by atoms with Crippen molar-refractivity contribution in [2.24, 2.45) is 0 Å². The Morgan fingerprint density at radius 3 is 2.73 bits per heavy atom. The summed E-state index contributed by atoms with van der Waals surface area (Å²) in [5.41, 5.74) is 1.44. The van der Waals surface area contributed by atoms with E-state index in [4.69, 9.17) is 4.52 Å². The fourth-order valence-corrected chi connectivity index (χ4v) is 3.62. The molecule has 2 atom stereocenters. The highest BCUT2D eigenvalue weighted by molar-refractivity contribution is 7.85. The van der Waals surface area contributed by atoms with Gasteiger partial charge in [0.15, 0.2) is 0 Å². The Labute approximate surface area is 135 Å². The fourth-order valence-electron chi connectivity index (χ4n) is 1.69. The normalized spacial score (nSPS) is 14.0. The lowest BCUT2D eigenvalue weighted by Gasteiger charge is -2.09. The smallest absolute Gasteiger partial charge is 0.242 e. The molecule has 2 aromatic heterocycles. The molecule has 22 heavy (non-hydrogen) atoms. The fraction of sp³-hybridized carbons (Fsp3) is 0.500. The number of carbonyl (C=O) groups excluding carboxylic acids is 1. The molecule has 2 rings (SSSR count). The van der Waals surface area contributed by atoms with Crippen LogP contribution in [0, 0.1) is 6.92 Å². The molecule has 0 bridgehead atoms. The SMILES string of the molecule is Cc1cc(NC(=O)[C@@H](C)[S@@](=O)Cc2csc(C(C)C)n2)on1. The van der Waals surface area contributed by atoms with E-state index in [0.29, 0.717) is 11.6 Å². The van der Waals surface area contributed by atoms with E-state index < -0.39 is 16.0 Å². The first-order valence-corrected chi connectivity index (χ1v) is 9.18. The second-order valence-electron chi connectivity index (χ2n) is 5.32. The number of nitrogens with zero attached hydrogens (tertiary/aromatic N) is 2. The van der Waals surface area contributed by atoms with Gasteiger partial charge < -0.3 is 4.52 Å². The van der Waals surface area contributed by atoms with E-state index >= 15 is 0 Å². The maximum Gasteiger partial charge on any atom is 0.242 e. The maximum absolute atomic E-state index is 12.3. The average molecular weight is 341 g/mol. The summed E-state index contributed by atoms with van der Waals surface area (Å²) in [6.07, 6.45) is 0.